The lowest BCUT2D eigenvalue weighted by Crippen LogP contribution is -2.44. The molecule has 16 heavy (non-hydrogen) atoms. The first kappa shape index (κ1) is 15.8. The van der Waals surface area contributed by atoms with Crippen LogP contribution in [0.5, 0.6) is 0 Å². The Morgan fingerprint density at radius 3 is 2.38 bits per heavy atom. The quantitative estimate of drug-likeness (QED) is 0.466. The van der Waals surface area contributed by atoms with E-state index in [2.05, 4.69) is 24.1 Å². The number of methoxy groups -OCH3 is 1. The van der Waals surface area contributed by atoms with Crippen molar-refractivity contribution in [2.24, 2.45) is 0 Å². The lowest BCUT2D eigenvalue weighted by atomic mass is 10.2. The summed E-state index contributed by atoms with van der Waals surface area (Å²) in [5.74, 6) is 0. The van der Waals surface area contributed by atoms with E-state index in [0.29, 0.717) is 19.7 Å². The maximum atomic E-state index is 9.77. The number of hydrogen-bond donors (Lipinski definition) is 3. The Hall–Kier alpha value is -0.200. The van der Waals surface area contributed by atoms with Gasteiger partial charge in [0.25, 0.3) is 0 Å². The summed E-state index contributed by atoms with van der Waals surface area (Å²) in [5, 5.41) is 21.8. The highest BCUT2D eigenvalue weighted by Crippen LogP contribution is 1.92. The zero-order chi connectivity index (χ0) is 12.4. The summed E-state index contributed by atoms with van der Waals surface area (Å²) in [6.45, 7) is 7.64. The van der Waals surface area contributed by atoms with E-state index < -0.39 is 6.10 Å². The molecule has 0 aromatic rings. The van der Waals surface area contributed by atoms with Gasteiger partial charge in [0.05, 0.1) is 25.4 Å². The molecule has 2 unspecified atom stereocenters. The summed E-state index contributed by atoms with van der Waals surface area (Å²) in [4.78, 5) is 2.16. The molecule has 0 radical (unpaired) electrons. The van der Waals surface area contributed by atoms with Gasteiger partial charge in [-0.2, -0.15) is 0 Å². The molecule has 0 aromatic carbocycles. The van der Waals surface area contributed by atoms with Crippen molar-refractivity contribution in [2.75, 3.05) is 46.5 Å². The molecule has 0 bridgehead atoms. The molecule has 0 spiro atoms. The Morgan fingerprint density at radius 2 is 1.94 bits per heavy atom. The van der Waals surface area contributed by atoms with Gasteiger partial charge in [-0.15, -0.1) is 0 Å². The van der Waals surface area contributed by atoms with E-state index >= 15 is 0 Å². The zero-order valence-electron chi connectivity index (χ0n) is 10.6. The van der Waals surface area contributed by atoms with Crippen molar-refractivity contribution in [2.45, 2.75) is 26.0 Å². The van der Waals surface area contributed by atoms with Crippen LogP contribution in [-0.4, -0.2) is 73.8 Å². The molecule has 0 saturated carbocycles. The third kappa shape index (κ3) is 7.14. The molecule has 0 saturated heterocycles. The van der Waals surface area contributed by atoms with E-state index in [0.717, 1.165) is 13.1 Å². The molecule has 0 heterocycles. The molecule has 0 aromatic heterocycles. The average molecular weight is 234 g/mol. The molecular formula is C11H26N2O3. The highest BCUT2D eigenvalue weighted by molar-refractivity contribution is 4.70. The molecule has 2 atom stereocenters. The highest BCUT2D eigenvalue weighted by Gasteiger charge is 2.12. The zero-order valence-corrected chi connectivity index (χ0v) is 10.6. The second-order valence-corrected chi connectivity index (χ2v) is 3.88. The number of hydrogen-bond acceptors (Lipinski definition) is 5. The van der Waals surface area contributed by atoms with E-state index in [1.807, 2.05) is 0 Å². The van der Waals surface area contributed by atoms with Crippen LogP contribution in [0.1, 0.15) is 13.8 Å². The van der Waals surface area contributed by atoms with Crippen LogP contribution in [0.4, 0.5) is 0 Å². The Bertz CT molecular complexity index is 154. The van der Waals surface area contributed by atoms with Crippen molar-refractivity contribution in [3.05, 3.63) is 0 Å². The Balaban J connectivity index is 3.73. The van der Waals surface area contributed by atoms with E-state index in [9.17, 15) is 5.11 Å². The topological polar surface area (TPSA) is 65.0 Å². The van der Waals surface area contributed by atoms with E-state index in [1.165, 1.54) is 0 Å². The largest absolute Gasteiger partial charge is 0.395 e. The van der Waals surface area contributed by atoms with Gasteiger partial charge in [0.1, 0.15) is 0 Å². The molecule has 0 fully saturated rings. The Morgan fingerprint density at radius 1 is 1.31 bits per heavy atom. The maximum Gasteiger partial charge on any atom is 0.0791 e. The molecule has 5 heteroatoms. The molecule has 0 aliphatic heterocycles. The van der Waals surface area contributed by atoms with Gasteiger partial charge in [0, 0.05) is 20.2 Å². The van der Waals surface area contributed by atoms with Gasteiger partial charge in [0.2, 0.25) is 0 Å². The first-order valence-corrected chi connectivity index (χ1v) is 5.91. The van der Waals surface area contributed by atoms with Crippen LogP contribution in [0.2, 0.25) is 0 Å². The predicted molar refractivity (Wildman–Crippen MR) is 64.5 cm³/mol. The number of nitrogens with one attached hydrogen (secondary N) is 1. The third-order valence-corrected chi connectivity index (χ3v) is 2.59. The van der Waals surface area contributed by atoms with Crippen LogP contribution in [-0.2, 0) is 4.74 Å². The fourth-order valence-electron chi connectivity index (χ4n) is 1.52. The molecule has 0 aliphatic carbocycles. The van der Waals surface area contributed by atoms with Crippen molar-refractivity contribution in [1.29, 1.82) is 0 Å². The van der Waals surface area contributed by atoms with Gasteiger partial charge in [0.15, 0.2) is 0 Å². The van der Waals surface area contributed by atoms with Gasteiger partial charge < -0.3 is 25.2 Å². The predicted octanol–water partition coefficient (Wildman–Crippen LogP) is -0.714. The normalized spacial score (nSPS) is 15.4. The van der Waals surface area contributed by atoms with Crippen LogP contribution in [0.3, 0.4) is 0 Å². The standard InChI is InChI=1S/C11H26N2O3/c1-4-13(5-2)7-11(15)6-12-10(8-14)9-16-3/h10-12,14-15H,4-9H2,1-3H3. The minimum absolute atomic E-state index is 0.0197. The summed E-state index contributed by atoms with van der Waals surface area (Å²) in [6, 6.07) is -0.101. The third-order valence-electron chi connectivity index (χ3n) is 2.59. The first-order chi connectivity index (χ1) is 7.67. The summed E-state index contributed by atoms with van der Waals surface area (Å²) in [6.07, 6.45) is -0.411. The van der Waals surface area contributed by atoms with E-state index in [4.69, 9.17) is 9.84 Å². The van der Waals surface area contributed by atoms with Crippen molar-refractivity contribution in [1.82, 2.24) is 10.2 Å². The number of ether oxygens (including phenoxy) is 1. The second kappa shape index (κ2) is 9.99. The minimum atomic E-state index is -0.411. The Labute approximate surface area is 98.4 Å². The molecule has 0 aliphatic rings. The number of rotatable bonds is 10. The molecule has 98 valence electrons. The van der Waals surface area contributed by atoms with E-state index in [-0.39, 0.29) is 12.6 Å². The van der Waals surface area contributed by atoms with Crippen LogP contribution in [0, 0.1) is 0 Å². The summed E-state index contributed by atoms with van der Waals surface area (Å²) in [5.41, 5.74) is 0. The van der Waals surface area contributed by atoms with Gasteiger partial charge in [-0.25, -0.2) is 0 Å². The van der Waals surface area contributed by atoms with Crippen LogP contribution in [0.15, 0.2) is 0 Å². The fourth-order valence-corrected chi connectivity index (χ4v) is 1.52. The van der Waals surface area contributed by atoms with Crippen molar-refractivity contribution in [3.8, 4) is 0 Å². The lowest BCUT2D eigenvalue weighted by Gasteiger charge is -2.23. The SMILES string of the molecule is CCN(CC)CC(O)CNC(CO)COC. The fraction of sp³-hybridized carbons (Fsp3) is 1.00. The van der Waals surface area contributed by atoms with Gasteiger partial charge in [-0.05, 0) is 13.1 Å². The van der Waals surface area contributed by atoms with Crippen molar-refractivity contribution in [3.63, 3.8) is 0 Å². The maximum absolute atomic E-state index is 9.77. The molecule has 0 rings (SSSR count). The van der Waals surface area contributed by atoms with Crippen LogP contribution in [0.25, 0.3) is 0 Å². The van der Waals surface area contributed by atoms with Gasteiger partial charge in [-0.3, -0.25) is 0 Å². The minimum Gasteiger partial charge on any atom is -0.395 e. The summed E-state index contributed by atoms with van der Waals surface area (Å²) < 4.78 is 4.94. The number of nitrogens with zero attached hydrogens (tertiary/aromatic N) is 1. The average Bonchev–Trinajstić information content (AvgIpc) is 2.31. The van der Waals surface area contributed by atoms with Crippen LogP contribution >= 0.6 is 0 Å². The highest BCUT2D eigenvalue weighted by atomic mass is 16.5. The van der Waals surface area contributed by atoms with Crippen molar-refractivity contribution < 1.29 is 14.9 Å². The molecular weight excluding hydrogens is 208 g/mol. The first-order valence-electron chi connectivity index (χ1n) is 5.91. The monoisotopic (exact) mass is 234 g/mol. The second-order valence-electron chi connectivity index (χ2n) is 3.88. The van der Waals surface area contributed by atoms with Gasteiger partial charge >= 0.3 is 0 Å². The smallest absolute Gasteiger partial charge is 0.0791 e. The lowest BCUT2D eigenvalue weighted by molar-refractivity contribution is 0.0921. The summed E-state index contributed by atoms with van der Waals surface area (Å²) in [7, 11) is 1.59. The van der Waals surface area contributed by atoms with Crippen molar-refractivity contribution >= 4 is 0 Å². The van der Waals surface area contributed by atoms with E-state index in [1.54, 1.807) is 7.11 Å². The number of aliphatic hydroxyl groups is 2. The molecule has 0 amide bonds. The molecule has 3 N–H and O–H groups in total. The number of aliphatic hydroxyl groups excluding tert-OH is 2. The summed E-state index contributed by atoms with van der Waals surface area (Å²) >= 11 is 0. The van der Waals surface area contributed by atoms with Crippen LogP contribution < -0.4 is 5.32 Å². The molecule has 5 nitrogen and oxygen atoms in total. The van der Waals surface area contributed by atoms with Gasteiger partial charge in [-0.1, -0.05) is 13.8 Å². The Kier molecular flexibility index (Phi) is 9.86. The number of likely N-dealkylation sites (N-methyl/N-ethyl adjacent to an activating group) is 1.